The summed E-state index contributed by atoms with van der Waals surface area (Å²) in [6.45, 7) is 4.22. The van der Waals surface area contributed by atoms with E-state index in [0.717, 1.165) is 22.4 Å². The first kappa shape index (κ1) is 20.4. The predicted octanol–water partition coefficient (Wildman–Crippen LogP) is 4.61. The van der Waals surface area contributed by atoms with E-state index < -0.39 is 5.91 Å². The van der Waals surface area contributed by atoms with Gasteiger partial charge in [-0.3, -0.25) is 20.4 Å². The van der Waals surface area contributed by atoms with Gasteiger partial charge in [-0.05, 0) is 67.4 Å². The number of halogens is 1. The van der Waals surface area contributed by atoms with Gasteiger partial charge in [0.25, 0.3) is 11.8 Å². The lowest BCUT2D eigenvalue weighted by Crippen LogP contribution is -2.41. The molecule has 3 aromatic carbocycles. The fraction of sp³-hybridized carbons (Fsp3) is 0.130. The van der Waals surface area contributed by atoms with Crippen molar-refractivity contribution in [1.82, 2.24) is 10.9 Å². The Balaban J connectivity index is 1.52. The second kappa shape index (κ2) is 9.26. The molecule has 0 saturated heterocycles. The molecule has 29 heavy (non-hydrogen) atoms. The van der Waals surface area contributed by atoms with Crippen molar-refractivity contribution >= 4 is 23.4 Å². The average molecular weight is 409 g/mol. The van der Waals surface area contributed by atoms with Gasteiger partial charge in [0.1, 0.15) is 12.4 Å². The lowest BCUT2D eigenvalue weighted by molar-refractivity contribution is 0.0846. The molecular formula is C23H21ClN2O3. The molecule has 0 aliphatic carbocycles. The summed E-state index contributed by atoms with van der Waals surface area (Å²) >= 11 is 6.01. The van der Waals surface area contributed by atoms with Crippen LogP contribution < -0.4 is 15.6 Å². The number of hydrazine groups is 1. The molecule has 148 valence electrons. The molecule has 0 bridgehead atoms. The van der Waals surface area contributed by atoms with Gasteiger partial charge in [-0.1, -0.05) is 41.4 Å². The van der Waals surface area contributed by atoms with Gasteiger partial charge in [0.05, 0.1) is 0 Å². The Morgan fingerprint density at radius 1 is 0.828 bits per heavy atom. The van der Waals surface area contributed by atoms with Crippen molar-refractivity contribution in [2.24, 2.45) is 0 Å². The van der Waals surface area contributed by atoms with Gasteiger partial charge >= 0.3 is 0 Å². The largest absolute Gasteiger partial charge is 0.489 e. The molecule has 5 nitrogen and oxygen atoms in total. The number of aryl methyl sites for hydroxylation is 2. The predicted molar refractivity (Wildman–Crippen MR) is 113 cm³/mol. The third-order valence-electron chi connectivity index (χ3n) is 4.35. The highest BCUT2D eigenvalue weighted by Gasteiger charge is 2.09. The number of benzene rings is 3. The smallest absolute Gasteiger partial charge is 0.269 e. The molecule has 3 rings (SSSR count). The zero-order valence-electron chi connectivity index (χ0n) is 16.2. The fourth-order valence-corrected chi connectivity index (χ4v) is 2.71. The summed E-state index contributed by atoms with van der Waals surface area (Å²) < 4.78 is 5.75. The Morgan fingerprint density at radius 3 is 1.93 bits per heavy atom. The summed E-state index contributed by atoms with van der Waals surface area (Å²) in [4.78, 5) is 24.3. The van der Waals surface area contributed by atoms with Gasteiger partial charge in [-0.15, -0.1) is 0 Å². The van der Waals surface area contributed by atoms with Crippen molar-refractivity contribution in [1.29, 1.82) is 0 Å². The highest BCUT2D eigenvalue weighted by molar-refractivity contribution is 6.31. The van der Waals surface area contributed by atoms with Gasteiger partial charge in [0.15, 0.2) is 0 Å². The molecule has 0 fully saturated rings. The quantitative estimate of drug-likeness (QED) is 0.606. The number of carbonyl (C=O) groups excluding carboxylic acids is 2. The average Bonchev–Trinajstić information content (AvgIpc) is 2.73. The Kier molecular flexibility index (Phi) is 6.52. The molecule has 0 heterocycles. The molecule has 0 radical (unpaired) electrons. The molecule has 6 heteroatoms. The van der Waals surface area contributed by atoms with Crippen molar-refractivity contribution in [2.45, 2.75) is 20.5 Å². The first-order valence-corrected chi connectivity index (χ1v) is 9.45. The van der Waals surface area contributed by atoms with Crippen LogP contribution in [-0.2, 0) is 6.61 Å². The van der Waals surface area contributed by atoms with E-state index in [1.54, 1.807) is 42.5 Å². The van der Waals surface area contributed by atoms with Crippen molar-refractivity contribution < 1.29 is 14.3 Å². The highest BCUT2D eigenvalue weighted by Crippen LogP contribution is 2.21. The number of carbonyl (C=O) groups is 2. The summed E-state index contributed by atoms with van der Waals surface area (Å²) in [7, 11) is 0. The minimum absolute atomic E-state index is 0.368. The summed E-state index contributed by atoms with van der Waals surface area (Å²) in [6, 6.07) is 19.5. The monoisotopic (exact) mass is 408 g/mol. The fourth-order valence-electron chi connectivity index (χ4n) is 2.59. The van der Waals surface area contributed by atoms with Crippen LogP contribution in [0.4, 0.5) is 0 Å². The number of hydrogen-bond acceptors (Lipinski definition) is 3. The first-order valence-electron chi connectivity index (χ1n) is 9.07. The van der Waals surface area contributed by atoms with Crippen molar-refractivity contribution in [3.63, 3.8) is 0 Å². The van der Waals surface area contributed by atoms with Crippen LogP contribution in [0, 0.1) is 13.8 Å². The van der Waals surface area contributed by atoms with E-state index in [1.807, 2.05) is 38.1 Å². The molecule has 0 saturated carbocycles. The Hall–Kier alpha value is -3.31. The summed E-state index contributed by atoms with van der Waals surface area (Å²) in [5, 5.41) is 0.696. The van der Waals surface area contributed by atoms with E-state index in [-0.39, 0.29) is 5.91 Å². The van der Waals surface area contributed by atoms with Crippen LogP contribution in [0.1, 0.15) is 37.4 Å². The number of ether oxygens (including phenoxy) is 1. The maximum Gasteiger partial charge on any atom is 0.269 e. The topological polar surface area (TPSA) is 67.4 Å². The van der Waals surface area contributed by atoms with E-state index in [1.165, 1.54) is 0 Å². The number of nitrogens with one attached hydrogen (secondary N) is 2. The molecular weight excluding hydrogens is 388 g/mol. The van der Waals surface area contributed by atoms with Gasteiger partial charge in [-0.25, -0.2) is 0 Å². The highest BCUT2D eigenvalue weighted by atomic mass is 35.5. The normalized spacial score (nSPS) is 10.3. The van der Waals surface area contributed by atoms with Gasteiger partial charge < -0.3 is 4.74 Å². The zero-order valence-corrected chi connectivity index (χ0v) is 16.9. The summed E-state index contributed by atoms with van der Waals surface area (Å²) in [6.07, 6.45) is 0. The minimum atomic E-state index is -0.397. The molecule has 0 aliphatic rings. The molecule has 0 aromatic heterocycles. The Labute approximate surface area is 174 Å². The lowest BCUT2D eigenvalue weighted by atomic mass is 10.1. The van der Waals surface area contributed by atoms with E-state index >= 15 is 0 Å². The lowest BCUT2D eigenvalue weighted by Gasteiger charge is -2.10. The maximum absolute atomic E-state index is 12.2. The van der Waals surface area contributed by atoms with Crippen LogP contribution in [0.3, 0.4) is 0 Å². The van der Waals surface area contributed by atoms with Crippen LogP contribution in [0.2, 0.25) is 5.02 Å². The van der Waals surface area contributed by atoms with Crippen LogP contribution in [0.15, 0.2) is 66.7 Å². The minimum Gasteiger partial charge on any atom is -0.489 e. The SMILES string of the molecule is Cc1ccc(C(=O)NNC(=O)c2ccc(COc3ccc(Cl)c(C)c3)cc2)cc1. The Morgan fingerprint density at radius 2 is 1.38 bits per heavy atom. The molecule has 2 amide bonds. The third-order valence-corrected chi connectivity index (χ3v) is 4.78. The van der Waals surface area contributed by atoms with Crippen LogP contribution in [0.5, 0.6) is 5.75 Å². The van der Waals surface area contributed by atoms with E-state index in [0.29, 0.717) is 22.8 Å². The standard InChI is InChI=1S/C23H21ClN2O3/c1-15-3-7-18(8-4-15)22(27)25-26-23(28)19-9-5-17(6-10-19)14-29-20-11-12-21(24)16(2)13-20/h3-13H,14H2,1-2H3,(H,25,27)(H,26,28). The summed E-state index contributed by atoms with van der Waals surface area (Å²) in [5.41, 5.74) is 8.66. The van der Waals surface area contributed by atoms with E-state index in [4.69, 9.17) is 16.3 Å². The number of hydrogen-bond donors (Lipinski definition) is 2. The maximum atomic E-state index is 12.2. The van der Waals surface area contributed by atoms with Crippen molar-refractivity contribution in [3.8, 4) is 5.75 Å². The Bertz CT molecular complexity index is 1020. The van der Waals surface area contributed by atoms with Crippen LogP contribution in [0.25, 0.3) is 0 Å². The number of amides is 2. The number of rotatable bonds is 5. The zero-order chi connectivity index (χ0) is 20.8. The molecule has 3 aromatic rings. The van der Waals surface area contributed by atoms with Gasteiger partial charge in [0.2, 0.25) is 0 Å². The molecule has 0 atom stereocenters. The molecule has 0 aliphatic heterocycles. The van der Waals surface area contributed by atoms with Crippen molar-refractivity contribution in [2.75, 3.05) is 0 Å². The van der Waals surface area contributed by atoms with Crippen LogP contribution >= 0.6 is 11.6 Å². The summed E-state index contributed by atoms with van der Waals surface area (Å²) in [5.74, 6) is -0.0413. The van der Waals surface area contributed by atoms with Gasteiger partial charge in [0, 0.05) is 16.1 Å². The molecule has 2 N–H and O–H groups in total. The van der Waals surface area contributed by atoms with Crippen LogP contribution in [-0.4, -0.2) is 11.8 Å². The molecule has 0 unspecified atom stereocenters. The van der Waals surface area contributed by atoms with Crippen molar-refractivity contribution in [3.05, 3.63) is 99.6 Å². The third kappa shape index (κ3) is 5.59. The second-order valence-corrected chi connectivity index (χ2v) is 7.08. The van der Waals surface area contributed by atoms with E-state index in [9.17, 15) is 9.59 Å². The second-order valence-electron chi connectivity index (χ2n) is 6.67. The van der Waals surface area contributed by atoms with E-state index in [2.05, 4.69) is 10.9 Å². The first-order chi connectivity index (χ1) is 13.9. The van der Waals surface area contributed by atoms with Gasteiger partial charge in [-0.2, -0.15) is 0 Å². The molecule has 0 spiro atoms.